The summed E-state index contributed by atoms with van der Waals surface area (Å²) in [5.74, 6) is 1.72. The summed E-state index contributed by atoms with van der Waals surface area (Å²) in [6.07, 6.45) is 8.92. The van der Waals surface area contributed by atoms with Crippen molar-refractivity contribution >= 4 is 34.5 Å². The molecule has 0 spiro atoms. The molecule has 0 saturated heterocycles. The molecule has 0 radical (unpaired) electrons. The Hall–Kier alpha value is -4.45. The summed E-state index contributed by atoms with van der Waals surface area (Å²) >= 11 is 0. The lowest BCUT2D eigenvalue weighted by Crippen LogP contribution is -1.95. The van der Waals surface area contributed by atoms with Crippen LogP contribution >= 0.6 is 0 Å². The predicted molar refractivity (Wildman–Crippen MR) is 137 cm³/mol. The molecule has 1 aromatic heterocycles. The second kappa shape index (κ2) is 10.4. The number of methoxy groups -OCH3 is 3. The number of fused-ring (bicyclic) bond motifs is 1. The first-order valence-electron chi connectivity index (χ1n) is 10.7. The number of nitrogens with one attached hydrogen (secondary N) is 2. The molecule has 6 heteroatoms. The number of allylic oxidation sites excluding steroid dienone is 1. The third-order valence-electron chi connectivity index (χ3n) is 5.41. The molecule has 0 aliphatic heterocycles. The minimum absolute atomic E-state index is 0.0603. The lowest BCUT2D eigenvalue weighted by molar-refractivity contribution is 0.104. The van der Waals surface area contributed by atoms with E-state index in [1.165, 1.54) is 6.08 Å². The number of anilines is 1. The van der Waals surface area contributed by atoms with E-state index >= 15 is 0 Å². The molecule has 0 fully saturated rings. The highest BCUT2D eigenvalue weighted by Gasteiger charge is 2.12. The van der Waals surface area contributed by atoms with Gasteiger partial charge in [-0.3, -0.25) is 4.79 Å². The van der Waals surface area contributed by atoms with Crippen LogP contribution in [0, 0.1) is 0 Å². The smallest absolute Gasteiger partial charge is 0.203 e. The average Bonchev–Trinajstić information content (AvgIpc) is 3.31. The van der Waals surface area contributed by atoms with Crippen molar-refractivity contribution in [2.45, 2.75) is 0 Å². The third-order valence-corrected chi connectivity index (χ3v) is 5.41. The van der Waals surface area contributed by atoms with Crippen molar-refractivity contribution in [3.8, 4) is 17.2 Å². The van der Waals surface area contributed by atoms with Gasteiger partial charge >= 0.3 is 0 Å². The van der Waals surface area contributed by atoms with Gasteiger partial charge in [-0.1, -0.05) is 42.5 Å². The van der Waals surface area contributed by atoms with Crippen LogP contribution < -0.4 is 19.5 Å². The van der Waals surface area contributed by atoms with E-state index in [0.29, 0.717) is 22.8 Å². The number of hydrogen-bond acceptors (Lipinski definition) is 5. The van der Waals surface area contributed by atoms with Gasteiger partial charge in [-0.05, 0) is 41.5 Å². The first kappa shape index (κ1) is 22.7. The monoisotopic (exact) mass is 454 g/mol. The second-order valence-electron chi connectivity index (χ2n) is 7.50. The van der Waals surface area contributed by atoms with E-state index in [0.717, 1.165) is 27.7 Å². The van der Waals surface area contributed by atoms with E-state index in [9.17, 15) is 4.79 Å². The summed E-state index contributed by atoms with van der Waals surface area (Å²) in [5, 5.41) is 4.06. The molecule has 3 aromatic carbocycles. The van der Waals surface area contributed by atoms with Gasteiger partial charge in [-0.25, -0.2) is 0 Å². The van der Waals surface area contributed by atoms with Crippen LogP contribution in [-0.4, -0.2) is 32.1 Å². The average molecular weight is 455 g/mol. The van der Waals surface area contributed by atoms with E-state index in [1.807, 2.05) is 72.8 Å². The molecule has 0 bridgehead atoms. The molecule has 0 aliphatic carbocycles. The molecule has 0 atom stereocenters. The summed E-state index contributed by atoms with van der Waals surface area (Å²) in [6.45, 7) is 0. The summed E-state index contributed by atoms with van der Waals surface area (Å²) in [6, 6.07) is 19.4. The van der Waals surface area contributed by atoms with Gasteiger partial charge in [0.05, 0.1) is 21.3 Å². The number of benzene rings is 3. The summed E-state index contributed by atoms with van der Waals surface area (Å²) in [4.78, 5) is 15.7. The van der Waals surface area contributed by atoms with Crippen LogP contribution in [0.3, 0.4) is 0 Å². The Morgan fingerprint density at radius 3 is 2.21 bits per heavy atom. The maximum Gasteiger partial charge on any atom is 0.203 e. The van der Waals surface area contributed by atoms with Gasteiger partial charge in [-0.15, -0.1) is 0 Å². The van der Waals surface area contributed by atoms with Crippen LogP contribution in [0.5, 0.6) is 17.2 Å². The van der Waals surface area contributed by atoms with Crippen molar-refractivity contribution < 1.29 is 19.0 Å². The van der Waals surface area contributed by atoms with E-state index in [4.69, 9.17) is 14.2 Å². The van der Waals surface area contributed by atoms with Crippen molar-refractivity contribution in [1.82, 2.24) is 4.98 Å². The predicted octanol–water partition coefficient (Wildman–Crippen LogP) is 6.17. The molecule has 0 unspecified atom stereocenters. The quantitative estimate of drug-likeness (QED) is 0.180. The zero-order valence-electron chi connectivity index (χ0n) is 19.3. The second-order valence-corrected chi connectivity index (χ2v) is 7.50. The number of aromatic amines is 1. The number of rotatable bonds is 9. The van der Waals surface area contributed by atoms with Gasteiger partial charge in [0.25, 0.3) is 0 Å². The molecule has 1 heterocycles. The molecule has 2 N–H and O–H groups in total. The lowest BCUT2D eigenvalue weighted by atomic mass is 10.1. The van der Waals surface area contributed by atoms with Crippen molar-refractivity contribution in [3.63, 3.8) is 0 Å². The zero-order valence-corrected chi connectivity index (χ0v) is 19.3. The molecule has 34 heavy (non-hydrogen) atoms. The number of carbonyl (C=O) groups is 1. The van der Waals surface area contributed by atoms with E-state index in [-0.39, 0.29) is 5.78 Å². The van der Waals surface area contributed by atoms with E-state index in [1.54, 1.807) is 33.7 Å². The van der Waals surface area contributed by atoms with Crippen molar-refractivity contribution in [2.24, 2.45) is 0 Å². The molecule has 0 amide bonds. The minimum Gasteiger partial charge on any atom is -0.493 e. The van der Waals surface area contributed by atoms with E-state index in [2.05, 4.69) is 10.3 Å². The molecule has 6 nitrogen and oxygen atoms in total. The number of ether oxygens (including phenoxy) is 3. The van der Waals surface area contributed by atoms with E-state index < -0.39 is 0 Å². The van der Waals surface area contributed by atoms with Gasteiger partial charge in [0.2, 0.25) is 5.75 Å². The SMILES string of the molecule is COc1cc(/C=C\c2ccc(N/C=C\C(=O)c3c[nH]c4ccccc34)cc2)cc(OC)c1OC. The van der Waals surface area contributed by atoms with Gasteiger partial charge in [-0.2, -0.15) is 0 Å². The van der Waals surface area contributed by atoms with Gasteiger partial charge < -0.3 is 24.5 Å². The van der Waals surface area contributed by atoms with Gasteiger partial charge in [0.15, 0.2) is 17.3 Å². The van der Waals surface area contributed by atoms with Crippen LogP contribution in [0.1, 0.15) is 21.5 Å². The standard InChI is InChI=1S/C28H26N2O4/c1-32-26-16-20(17-27(33-2)28(26)34-3)9-8-19-10-12-21(13-11-19)29-15-14-25(31)23-18-30-24-7-5-4-6-22(23)24/h4-18,29-30H,1-3H3/b9-8-,15-14-. The highest BCUT2D eigenvalue weighted by molar-refractivity contribution is 6.13. The van der Waals surface area contributed by atoms with Gasteiger partial charge in [0, 0.05) is 40.6 Å². The number of aromatic nitrogens is 1. The third kappa shape index (κ3) is 4.96. The number of hydrogen-bond donors (Lipinski definition) is 2. The van der Waals surface area contributed by atoms with Crippen molar-refractivity contribution in [1.29, 1.82) is 0 Å². The Kier molecular flexibility index (Phi) is 6.98. The highest BCUT2D eigenvalue weighted by atomic mass is 16.5. The summed E-state index contributed by atoms with van der Waals surface area (Å²) in [5.41, 5.74) is 4.43. The molecule has 4 rings (SSSR count). The fraction of sp³-hybridized carbons (Fsp3) is 0.107. The summed E-state index contributed by atoms with van der Waals surface area (Å²) in [7, 11) is 4.77. The number of ketones is 1. The van der Waals surface area contributed by atoms with Crippen LogP contribution in [-0.2, 0) is 0 Å². The Morgan fingerprint density at radius 1 is 0.853 bits per heavy atom. The molecule has 172 valence electrons. The Morgan fingerprint density at radius 2 is 1.53 bits per heavy atom. The molecular weight excluding hydrogens is 428 g/mol. The van der Waals surface area contributed by atoms with Crippen molar-refractivity contribution in [2.75, 3.05) is 26.6 Å². The van der Waals surface area contributed by atoms with Gasteiger partial charge in [0.1, 0.15) is 0 Å². The van der Waals surface area contributed by atoms with Crippen LogP contribution in [0.4, 0.5) is 5.69 Å². The van der Waals surface area contributed by atoms with Crippen LogP contribution in [0.2, 0.25) is 0 Å². The highest BCUT2D eigenvalue weighted by Crippen LogP contribution is 2.38. The minimum atomic E-state index is -0.0603. The number of carbonyl (C=O) groups excluding carboxylic acids is 1. The largest absolute Gasteiger partial charge is 0.493 e. The fourth-order valence-corrected chi connectivity index (χ4v) is 3.66. The van der Waals surface area contributed by atoms with Crippen LogP contribution in [0.25, 0.3) is 23.1 Å². The first-order chi connectivity index (χ1) is 16.6. The lowest BCUT2D eigenvalue weighted by Gasteiger charge is -2.12. The zero-order chi connectivity index (χ0) is 23.9. The fourth-order valence-electron chi connectivity index (χ4n) is 3.66. The number of H-pyrrole nitrogens is 1. The first-order valence-corrected chi connectivity index (χ1v) is 10.7. The Bertz CT molecular complexity index is 1330. The van der Waals surface area contributed by atoms with Crippen LogP contribution in [0.15, 0.2) is 79.1 Å². The topological polar surface area (TPSA) is 72.6 Å². The molecule has 0 aliphatic rings. The molecular formula is C28H26N2O4. The molecule has 0 saturated carbocycles. The molecule has 4 aromatic rings. The summed E-state index contributed by atoms with van der Waals surface area (Å²) < 4.78 is 16.2. The normalized spacial score (nSPS) is 11.3. The number of para-hydroxylation sites is 1. The van der Waals surface area contributed by atoms with Crippen molar-refractivity contribution in [3.05, 3.63) is 95.8 Å². The Balaban J connectivity index is 1.40. The maximum atomic E-state index is 12.5. The maximum absolute atomic E-state index is 12.5. The Labute approximate surface area is 198 Å².